The van der Waals surface area contributed by atoms with Gasteiger partial charge in [-0.05, 0) is 48.9 Å². The fourth-order valence-electron chi connectivity index (χ4n) is 2.26. The molecular formula is C19H15ClFN3O2S. The lowest BCUT2D eigenvalue weighted by atomic mass is 10.2. The van der Waals surface area contributed by atoms with Crippen molar-refractivity contribution in [2.45, 2.75) is 13.3 Å². The average molecular weight is 404 g/mol. The molecular weight excluding hydrogens is 389 g/mol. The van der Waals surface area contributed by atoms with Gasteiger partial charge in [-0.15, -0.1) is 11.3 Å². The molecule has 0 saturated heterocycles. The molecule has 2 aromatic carbocycles. The number of hydrogen-bond acceptors (Lipinski definition) is 4. The van der Waals surface area contributed by atoms with Crippen molar-refractivity contribution in [3.05, 3.63) is 75.5 Å². The number of rotatable bonds is 5. The molecule has 0 unspecified atom stereocenters. The molecule has 0 aliphatic heterocycles. The summed E-state index contributed by atoms with van der Waals surface area (Å²) < 4.78 is 12.9. The molecule has 8 heteroatoms. The predicted octanol–water partition coefficient (Wildman–Crippen LogP) is 4.68. The Kier molecular flexibility index (Phi) is 5.83. The molecule has 0 saturated carbocycles. The Hall–Kier alpha value is -2.77. The van der Waals surface area contributed by atoms with Gasteiger partial charge in [0.25, 0.3) is 5.91 Å². The molecule has 27 heavy (non-hydrogen) atoms. The molecule has 0 spiro atoms. The second-order valence-corrected chi connectivity index (χ2v) is 7.06. The van der Waals surface area contributed by atoms with Crippen LogP contribution in [0.25, 0.3) is 0 Å². The lowest BCUT2D eigenvalue weighted by Gasteiger charge is -2.06. The number of anilines is 2. The van der Waals surface area contributed by atoms with Gasteiger partial charge < -0.3 is 5.32 Å². The van der Waals surface area contributed by atoms with E-state index in [1.165, 1.54) is 35.6 Å². The summed E-state index contributed by atoms with van der Waals surface area (Å²) in [5, 5.41) is 8.03. The van der Waals surface area contributed by atoms with Crippen LogP contribution in [0, 0.1) is 12.7 Å². The Labute approximate surface area is 164 Å². The van der Waals surface area contributed by atoms with Crippen molar-refractivity contribution in [3.63, 3.8) is 0 Å². The number of hydrogen-bond donors (Lipinski definition) is 2. The van der Waals surface area contributed by atoms with E-state index in [9.17, 15) is 14.0 Å². The van der Waals surface area contributed by atoms with Crippen LogP contribution in [0.15, 0.2) is 47.8 Å². The molecule has 1 heterocycles. The first kappa shape index (κ1) is 19.0. The Morgan fingerprint density at radius 3 is 2.59 bits per heavy atom. The number of aromatic nitrogens is 1. The van der Waals surface area contributed by atoms with Crippen molar-refractivity contribution in [3.8, 4) is 0 Å². The van der Waals surface area contributed by atoms with Crippen molar-refractivity contribution in [2.75, 3.05) is 10.6 Å². The van der Waals surface area contributed by atoms with Gasteiger partial charge in [-0.1, -0.05) is 17.7 Å². The topological polar surface area (TPSA) is 71.1 Å². The zero-order valence-electron chi connectivity index (χ0n) is 14.3. The molecule has 1 aromatic heterocycles. The predicted molar refractivity (Wildman–Crippen MR) is 105 cm³/mol. The Morgan fingerprint density at radius 1 is 1.15 bits per heavy atom. The summed E-state index contributed by atoms with van der Waals surface area (Å²) in [6, 6.07) is 10.5. The highest BCUT2D eigenvalue weighted by Gasteiger charge is 2.12. The van der Waals surface area contributed by atoms with E-state index >= 15 is 0 Å². The average Bonchev–Trinajstić information content (AvgIpc) is 3.05. The summed E-state index contributed by atoms with van der Waals surface area (Å²) in [5.41, 5.74) is 2.39. The molecule has 0 bridgehead atoms. The molecule has 2 amide bonds. The minimum Gasteiger partial charge on any atom is -0.326 e. The number of thiazole rings is 1. The number of carbonyl (C=O) groups excluding carboxylic acids is 2. The van der Waals surface area contributed by atoms with Crippen LogP contribution in [0.2, 0.25) is 5.02 Å². The van der Waals surface area contributed by atoms with Crippen molar-refractivity contribution in [1.82, 2.24) is 4.98 Å². The van der Waals surface area contributed by atoms with Crippen LogP contribution in [0.3, 0.4) is 0 Å². The second-order valence-electron chi connectivity index (χ2n) is 5.79. The quantitative estimate of drug-likeness (QED) is 0.649. The highest BCUT2D eigenvalue weighted by Crippen LogP contribution is 2.21. The minimum absolute atomic E-state index is 0.0639. The zero-order valence-corrected chi connectivity index (χ0v) is 15.8. The van der Waals surface area contributed by atoms with E-state index < -0.39 is 11.7 Å². The number of amides is 2. The van der Waals surface area contributed by atoms with Crippen molar-refractivity contribution in [2.24, 2.45) is 0 Å². The Balaban J connectivity index is 1.58. The van der Waals surface area contributed by atoms with Gasteiger partial charge in [-0.25, -0.2) is 9.37 Å². The van der Waals surface area contributed by atoms with Crippen LogP contribution < -0.4 is 10.6 Å². The molecule has 3 rings (SSSR count). The van der Waals surface area contributed by atoms with Crippen LogP contribution >= 0.6 is 22.9 Å². The lowest BCUT2D eigenvalue weighted by molar-refractivity contribution is -0.115. The standard InChI is InChI=1S/C19H15ClFN3O2S/c1-11-2-7-14(8-16(11)20)22-17(25)9-15-10-27-19(23-15)24-18(26)12-3-5-13(21)6-4-12/h2-8,10H,9H2,1H3,(H,22,25)(H,23,24,26). The van der Waals surface area contributed by atoms with Crippen molar-refractivity contribution >= 4 is 45.6 Å². The van der Waals surface area contributed by atoms with Crippen LogP contribution in [0.1, 0.15) is 21.6 Å². The van der Waals surface area contributed by atoms with Gasteiger partial charge in [0.2, 0.25) is 5.91 Å². The molecule has 0 aliphatic carbocycles. The molecule has 0 fully saturated rings. The lowest BCUT2D eigenvalue weighted by Crippen LogP contribution is -2.15. The zero-order chi connectivity index (χ0) is 19.4. The smallest absolute Gasteiger partial charge is 0.257 e. The fourth-order valence-corrected chi connectivity index (χ4v) is 3.14. The van der Waals surface area contributed by atoms with Crippen LogP contribution in [0.4, 0.5) is 15.2 Å². The maximum atomic E-state index is 12.9. The summed E-state index contributed by atoms with van der Waals surface area (Å²) in [6.45, 7) is 1.88. The number of halogens is 2. The molecule has 0 radical (unpaired) electrons. The molecule has 2 N–H and O–H groups in total. The number of benzene rings is 2. The summed E-state index contributed by atoms with van der Waals surface area (Å²) in [6.07, 6.45) is 0.0639. The highest BCUT2D eigenvalue weighted by atomic mass is 35.5. The van der Waals surface area contributed by atoms with E-state index in [0.717, 1.165) is 5.56 Å². The maximum absolute atomic E-state index is 12.9. The van der Waals surface area contributed by atoms with Gasteiger partial charge in [0.15, 0.2) is 5.13 Å². The number of nitrogens with zero attached hydrogens (tertiary/aromatic N) is 1. The van der Waals surface area contributed by atoms with Gasteiger partial charge in [0.05, 0.1) is 12.1 Å². The summed E-state index contributed by atoms with van der Waals surface area (Å²) in [4.78, 5) is 28.5. The largest absolute Gasteiger partial charge is 0.326 e. The van der Waals surface area contributed by atoms with E-state index in [-0.39, 0.29) is 12.3 Å². The Bertz CT molecular complexity index is 989. The van der Waals surface area contributed by atoms with E-state index in [1.54, 1.807) is 17.5 Å². The summed E-state index contributed by atoms with van der Waals surface area (Å²) in [7, 11) is 0. The van der Waals surface area contributed by atoms with Crippen molar-refractivity contribution in [1.29, 1.82) is 0 Å². The number of nitrogens with one attached hydrogen (secondary N) is 2. The third-order valence-corrected chi connectivity index (χ3v) is 4.89. The SMILES string of the molecule is Cc1ccc(NC(=O)Cc2csc(NC(=O)c3ccc(F)cc3)n2)cc1Cl. The maximum Gasteiger partial charge on any atom is 0.257 e. The first-order valence-electron chi connectivity index (χ1n) is 7.98. The fraction of sp³-hybridized carbons (Fsp3) is 0.105. The van der Waals surface area contributed by atoms with E-state index in [2.05, 4.69) is 15.6 Å². The molecule has 5 nitrogen and oxygen atoms in total. The monoisotopic (exact) mass is 403 g/mol. The normalized spacial score (nSPS) is 10.5. The van der Waals surface area contributed by atoms with Gasteiger partial charge in [0, 0.05) is 21.7 Å². The van der Waals surface area contributed by atoms with Gasteiger partial charge in [0.1, 0.15) is 5.82 Å². The van der Waals surface area contributed by atoms with E-state index in [0.29, 0.717) is 27.1 Å². The van der Waals surface area contributed by atoms with Crippen LogP contribution in [-0.4, -0.2) is 16.8 Å². The van der Waals surface area contributed by atoms with Gasteiger partial charge in [-0.3, -0.25) is 14.9 Å². The Morgan fingerprint density at radius 2 is 1.89 bits per heavy atom. The van der Waals surface area contributed by atoms with E-state index in [4.69, 9.17) is 11.6 Å². The third-order valence-electron chi connectivity index (χ3n) is 3.68. The second kappa shape index (κ2) is 8.28. The molecule has 138 valence electrons. The summed E-state index contributed by atoms with van der Waals surface area (Å²) >= 11 is 7.26. The van der Waals surface area contributed by atoms with Gasteiger partial charge >= 0.3 is 0 Å². The summed E-state index contributed by atoms with van der Waals surface area (Å²) in [5.74, 6) is -1.05. The van der Waals surface area contributed by atoms with Crippen molar-refractivity contribution < 1.29 is 14.0 Å². The number of carbonyl (C=O) groups is 2. The molecule has 0 aliphatic rings. The number of aryl methyl sites for hydroxylation is 1. The van der Waals surface area contributed by atoms with E-state index in [1.807, 2.05) is 13.0 Å². The van der Waals surface area contributed by atoms with Crippen LogP contribution in [0.5, 0.6) is 0 Å². The molecule has 3 aromatic rings. The highest BCUT2D eigenvalue weighted by molar-refractivity contribution is 7.14. The van der Waals surface area contributed by atoms with Gasteiger partial charge in [-0.2, -0.15) is 0 Å². The third kappa shape index (κ3) is 5.12. The van der Waals surface area contributed by atoms with Crippen LogP contribution in [-0.2, 0) is 11.2 Å². The first-order chi connectivity index (χ1) is 12.9. The first-order valence-corrected chi connectivity index (χ1v) is 9.24. The minimum atomic E-state index is -0.413. The molecule has 0 atom stereocenters.